The van der Waals surface area contributed by atoms with Crippen LogP contribution in [0.1, 0.15) is 26.7 Å². The summed E-state index contributed by atoms with van der Waals surface area (Å²) in [6.45, 7) is 5.53. The first-order valence-electron chi connectivity index (χ1n) is 5.50. The number of rotatable bonds is 5. The van der Waals surface area contributed by atoms with Gasteiger partial charge in [0.1, 0.15) is 0 Å². The Bertz CT molecular complexity index is 203. The molecule has 5 heteroatoms. The first-order chi connectivity index (χ1) is 7.15. The molecule has 0 aliphatic carbocycles. The quantitative estimate of drug-likeness (QED) is 0.336. The molecule has 1 aliphatic rings. The van der Waals surface area contributed by atoms with Crippen molar-refractivity contribution in [2.45, 2.75) is 38.8 Å². The van der Waals surface area contributed by atoms with Crippen molar-refractivity contribution in [1.82, 2.24) is 10.7 Å². The van der Waals surface area contributed by atoms with Gasteiger partial charge < -0.3 is 10.1 Å². The van der Waals surface area contributed by atoms with Crippen molar-refractivity contribution >= 4 is 5.91 Å². The van der Waals surface area contributed by atoms with Crippen LogP contribution in [0.3, 0.4) is 0 Å². The Hall–Kier alpha value is -0.650. The molecule has 1 amide bonds. The molecule has 1 aliphatic heterocycles. The molecule has 1 heterocycles. The molecule has 2 atom stereocenters. The van der Waals surface area contributed by atoms with Gasteiger partial charge in [-0.15, -0.1) is 0 Å². The lowest BCUT2D eigenvalue weighted by Crippen LogP contribution is -2.51. The van der Waals surface area contributed by atoms with E-state index in [-0.39, 0.29) is 24.0 Å². The highest BCUT2D eigenvalue weighted by Gasteiger charge is 2.23. The first kappa shape index (κ1) is 12.4. The number of hydrogen-bond donors (Lipinski definition) is 3. The van der Waals surface area contributed by atoms with E-state index in [0.29, 0.717) is 0 Å². The van der Waals surface area contributed by atoms with Crippen LogP contribution in [0, 0.1) is 5.92 Å². The largest absolute Gasteiger partial charge is 0.377 e. The molecule has 0 aromatic carbocycles. The minimum Gasteiger partial charge on any atom is -0.377 e. The molecule has 0 bridgehead atoms. The molecule has 4 N–H and O–H groups in total. The second-order valence-electron chi connectivity index (χ2n) is 4.27. The molecule has 15 heavy (non-hydrogen) atoms. The lowest BCUT2D eigenvalue weighted by atomic mass is 10.0. The maximum Gasteiger partial charge on any atom is 0.251 e. The summed E-state index contributed by atoms with van der Waals surface area (Å²) in [6, 6.07) is -0.237. The highest BCUT2D eigenvalue weighted by molar-refractivity contribution is 5.81. The molecule has 0 spiro atoms. The Labute approximate surface area is 90.7 Å². The Kier molecular flexibility index (Phi) is 5.01. The van der Waals surface area contributed by atoms with Crippen LogP contribution in [0.15, 0.2) is 0 Å². The lowest BCUT2D eigenvalue weighted by Gasteiger charge is -2.22. The van der Waals surface area contributed by atoms with Crippen molar-refractivity contribution in [3.8, 4) is 0 Å². The maximum absolute atomic E-state index is 11.4. The third-order valence-electron chi connectivity index (χ3n) is 2.68. The van der Waals surface area contributed by atoms with Crippen LogP contribution in [0.25, 0.3) is 0 Å². The van der Waals surface area contributed by atoms with Gasteiger partial charge in [-0.05, 0) is 18.8 Å². The minimum atomic E-state index is -0.237. The van der Waals surface area contributed by atoms with E-state index in [1.54, 1.807) is 0 Å². The van der Waals surface area contributed by atoms with Crippen LogP contribution in [-0.2, 0) is 9.53 Å². The molecule has 2 unspecified atom stereocenters. The number of hydrazine groups is 1. The maximum atomic E-state index is 11.4. The minimum absolute atomic E-state index is 0.164. The van der Waals surface area contributed by atoms with Gasteiger partial charge in [0.05, 0.1) is 12.1 Å². The second-order valence-corrected chi connectivity index (χ2v) is 4.27. The van der Waals surface area contributed by atoms with Crippen LogP contribution in [0.2, 0.25) is 0 Å². The van der Waals surface area contributed by atoms with E-state index in [1.807, 2.05) is 13.8 Å². The van der Waals surface area contributed by atoms with Crippen molar-refractivity contribution in [2.75, 3.05) is 13.2 Å². The van der Waals surface area contributed by atoms with Gasteiger partial charge in [0, 0.05) is 13.2 Å². The van der Waals surface area contributed by atoms with E-state index in [0.717, 1.165) is 26.0 Å². The van der Waals surface area contributed by atoms with E-state index in [2.05, 4.69) is 10.7 Å². The fraction of sp³-hybridized carbons (Fsp3) is 0.900. The number of nitrogens with two attached hydrogens (primary N) is 1. The predicted molar refractivity (Wildman–Crippen MR) is 57.9 cm³/mol. The molecule has 1 rings (SSSR count). The predicted octanol–water partition coefficient (Wildman–Crippen LogP) is -0.230. The summed E-state index contributed by atoms with van der Waals surface area (Å²) < 4.78 is 5.47. The zero-order valence-corrected chi connectivity index (χ0v) is 9.45. The van der Waals surface area contributed by atoms with Gasteiger partial charge in [0.15, 0.2) is 0 Å². The number of ether oxygens (including phenoxy) is 1. The van der Waals surface area contributed by atoms with Gasteiger partial charge in [-0.25, -0.2) is 5.84 Å². The van der Waals surface area contributed by atoms with E-state index < -0.39 is 0 Å². The molecule has 1 saturated heterocycles. The highest BCUT2D eigenvalue weighted by atomic mass is 16.5. The molecule has 0 radical (unpaired) electrons. The average Bonchev–Trinajstić information content (AvgIpc) is 2.70. The Morgan fingerprint density at radius 1 is 1.60 bits per heavy atom. The highest BCUT2D eigenvalue weighted by Crippen LogP contribution is 2.11. The second kappa shape index (κ2) is 6.05. The number of nitrogens with one attached hydrogen (secondary N) is 2. The van der Waals surface area contributed by atoms with Crippen molar-refractivity contribution < 1.29 is 9.53 Å². The average molecular weight is 215 g/mol. The Morgan fingerprint density at radius 2 is 2.33 bits per heavy atom. The van der Waals surface area contributed by atoms with Crippen LogP contribution in [-0.4, -0.2) is 31.2 Å². The van der Waals surface area contributed by atoms with Gasteiger partial charge in [0.25, 0.3) is 5.91 Å². The number of amides is 1. The topological polar surface area (TPSA) is 76.4 Å². The number of carbonyl (C=O) groups excluding carboxylic acids is 1. The fourth-order valence-corrected chi connectivity index (χ4v) is 1.78. The molecule has 0 saturated carbocycles. The monoisotopic (exact) mass is 215 g/mol. The molecule has 88 valence electrons. The van der Waals surface area contributed by atoms with Crippen LogP contribution in [0.5, 0.6) is 0 Å². The van der Waals surface area contributed by atoms with Gasteiger partial charge in [0.2, 0.25) is 0 Å². The van der Waals surface area contributed by atoms with Crippen molar-refractivity contribution in [3.63, 3.8) is 0 Å². The van der Waals surface area contributed by atoms with Gasteiger partial charge in [-0.1, -0.05) is 13.8 Å². The van der Waals surface area contributed by atoms with Crippen LogP contribution >= 0.6 is 0 Å². The third kappa shape index (κ3) is 3.77. The smallest absolute Gasteiger partial charge is 0.251 e. The van der Waals surface area contributed by atoms with Gasteiger partial charge in [-0.2, -0.15) is 0 Å². The first-order valence-corrected chi connectivity index (χ1v) is 5.50. The normalized spacial score (nSPS) is 23.1. The molecule has 0 aromatic heterocycles. The summed E-state index contributed by atoms with van der Waals surface area (Å²) in [4.78, 5) is 11.4. The summed E-state index contributed by atoms with van der Waals surface area (Å²) >= 11 is 0. The number of carbonyl (C=O) groups is 1. The van der Waals surface area contributed by atoms with Crippen LogP contribution < -0.4 is 16.6 Å². The fourth-order valence-electron chi connectivity index (χ4n) is 1.78. The summed E-state index contributed by atoms with van der Waals surface area (Å²) in [5, 5.41) is 3.19. The summed E-state index contributed by atoms with van der Waals surface area (Å²) in [5.41, 5.74) is 2.18. The van der Waals surface area contributed by atoms with E-state index in [9.17, 15) is 4.79 Å². The SMILES string of the molecule is CC(C)C(NCC1CCCO1)C(=O)NN. The standard InChI is InChI=1S/C10H21N3O2/c1-7(2)9(10(14)13-11)12-6-8-4-3-5-15-8/h7-9,12H,3-6,11H2,1-2H3,(H,13,14). The van der Waals surface area contributed by atoms with Crippen LogP contribution in [0.4, 0.5) is 0 Å². The molecular weight excluding hydrogens is 194 g/mol. The van der Waals surface area contributed by atoms with Crippen molar-refractivity contribution in [2.24, 2.45) is 11.8 Å². The molecule has 1 fully saturated rings. The third-order valence-corrected chi connectivity index (χ3v) is 2.68. The van der Waals surface area contributed by atoms with E-state index in [1.165, 1.54) is 0 Å². The Balaban J connectivity index is 2.33. The van der Waals surface area contributed by atoms with E-state index >= 15 is 0 Å². The summed E-state index contributed by atoms with van der Waals surface area (Å²) in [7, 11) is 0. The molecule has 0 aromatic rings. The molecular formula is C10H21N3O2. The Morgan fingerprint density at radius 3 is 2.80 bits per heavy atom. The zero-order valence-electron chi connectivity index (χ0n) is 9.45. The van der Waals surface area contributed by atoms with Crippen molar-refractivity contribution in [3.05, 3.63) is 0 Å². The summed E-state index contributed by atoms with van der Waals surface area (Å²) in [5.74, 6) is 5.18. The zero-order chi connectivity index (χ0) is 11.3. The van der Waals surface area contributed by atoms with E-state index in [4.69, 9.17) is 10.6 Å². The molecule has 5 nitrogen and oxygen atoms in total. The number of hydrogen-bond acceptors (Lipinski definition) is 4. The summed E-state index contributed by atoms with van der Waals surface area (Å²) in [6.07, 6.45) is 2.43. The van der Waals surface area contributed by atoms with Gasteiger partial charge in [-0.3, -0.25) is 10.2 Å². The lowest BCUT2D eigenvalue weighted by molar-refractivity contribution is -0.124. The van der Waals surface area contributed by atoms with Gasteiger partial charge >= 0.3 is 0 Å². The van der Waals surface area contributed by atoms with Crippen molar-refractivity contribution in [1.29, 1.82) is 0 Å².